The minimum Gasteiger partial charge on any atom is -0.367 e. The number of hydrogen-bond donors (Lipinski definition) is 2. The minimum atomic E-state index is -0.613. The molecule has 3 aromatic heterocycles. The van der Waals surface area contributed by atoms with Crippen molar-refractivity contribution in [3.63, 3.8) is 0 Å². The van der Waals surface area contributed by atoms with Gasteiger partial charge in [0.15, 0.2) is 30.0 Å². The molecule has 4 aromatic rings. The standard InChI is InChI=1S/C26H26ClFN6O2/c27-19-9-20-21(12-31-24(20)30-11-19)25-32-13-22(28)26(33-25)29-10-18-7-4-8-34(14-18)23(15-35)36-16-17-5-2-1-3-6-17/h1-3,5-6,9,11-13,15,18,23H,4,7-8,10,14,16H2,(H,30,31)(H,29,32,33)/t18?,23-/m1/s1. The SMILES string of the molecule is O=C[C@@H](OCc1ccccc1)N1CCCC(CNc2nc(-c3c[nH]c4ncc(Cl)cc34)ncc2F)C1. The zero-order valence-electron chi connectivity index (χ0n) is 19.5. The number of ether oxygens (including phenoxy) is 1. The van der Waals surface area contributed by atoms with Crippen molar-refractivity contribution in [3.8, 4) is 11.4 Å². The van der Waals surface area contributed by atoms with E-state index in [2.05, 4.69) is 25.3 Å². The fraction of sp³-hybridized carbons (Fsp3) is 0.308. The number of likely N-dealkylation sites (tertiary alicyclic amines) is 1. The molecule has 0 aliphatic carbocycles. The van der Waals surface area contributed by atoms with Crippen molar-refractivity contribution in [1.29, 1.82) is 0 Å². The number of rotatable bonds is 9. The van der Waals surface area contributed by atoms with Crippen molar-refractivity contribution in [2.75, 3.05) is 25.0 Å². The maximum Gasteiger partial charge on any atom is 0.183 e. The predicted octanol–water partition coefficient (Wildman–Crippen LogP) is 4.68. The number of carbonyl (C=O) groups excluding carboxylic acids is 1. The van der Waals surface area contributed by atoms with Crippen LogP contribution in [0.2, 0.25) is 5.02 Å². The number of aromatic nitrogens is 4. The summed E-state index contributed by atoms with van der Waals surface area (Å²) in [4.78, 5) is 29.7. The van der Waals surface area contributed by atoms with Crippen LogP contribution in [0.15, 0.2) is 55.0 Å². The summed E-state index contributed by atoms with van der Waals surface area (Å²) in [5, 5.41) is 4.40. The third kappa shape index (κ3) is 5.53. The number of nitrogens with zero attached hydrogens (tertiary/aromatic N) is 4. The largest absolute Gasteiger partial charge is 0.367 e. The fourth-order valence-electron chi connectivity index (χ4n) is 4.51. The highest BCUT2D eigenvalue weighted by atomic mass is 35.5. The van der Waals surface area contributed by atoms with Gasteiger partial charge in [-0.05, 0) is 30.4 Å². The van der Waals surface area contributed by atoms with Crippen LogP contribution in [-0.4, -0.2) is 57.0 Å². The average Bonchev–Trinajstić information content (AvgIpc) is 3.32. The zero-order valence-corrected chi connectivity index (χ0v) is 20.3. The molecule has 2 N–H and O–H groups in total. The lowest BCUT2D eigenvalue weighted by Gasteiger charge is -2.35. The summed E-state index contributed by atoms with van der Waals surface area (Å²) in [6.07, 6.45) is 6.56. The second-order valence-corrected chi connectivity index (χ2v) is 9.29. The number of halogens is 2. The van der Waals surface area contributed by atoms with Gasteiger partial charge in [0.05, 0.1) is 17.8 Å². The Morgan fingerprint density at radius 3 is 2.97 bits per heavy atom. The number of nitrogens with one attached hydrogen (secondary N) is 2. The maximum absolute atomic E-state index is 14.6. The molecule has 8 nitrogen and oxygen atoms in total. The monoisotopic (exact) mass is 508 g/mol. The van der Waals surface area contributed by atoms with E-state index in [0.29, 0.717) is 41.8 Å². The molecular formula is C26H26ClFN6O2. The van der Waals surface area contributed by atoms with Crippen molar-refractivity contribution in [2.24, 2.45) is 5.92 Å². The molecule has 1 unspecified atom stereocenters. The Balaban J connectivity index is 1.23. The number of fused-ring (bicyclic) bond motifs is 1. The molecule has 1 aliphatic heterocycles. The molecule has 0 spiro atoms. The zero-order chi connectivity index (χ0) is 24.9. The van der Waals surface area contributed by atoms with E-state index < -0.39 is 12.0 Å². The quantitative estimate of drug-likeness (QED) is 0.317. The Kier molecular flexibility index (Phi) is 7.50. The number of pyridine rings is 1. The van der Waals surface area contributed by atoms with Crippen LogP contribution in [0.5, 0.6) is 0 Å². The predicted molar refractivity (Wildman–Crippen MR) is 136 cm³/mol. The molecule has 1 aromatic carbocycles. The molecule has 36 heavy (non-hydrogen) atoms. The van der Waals surface area contributed by atoms with E-state index in [-0.39, 0.29) is 11.7 Å². The Morgan fingerprint density at radius 2 is 2.14 bits per heavy atom. The molecule has 4 heterocycles. The second kappa shape index (κ2) is 11.1. The highest BCUT2D eigenvalue weighted by molar-refractivity contribution is 6.31. The van der Waals surface area contributed by atoms with Gasteiger partial charge in [0.25, 0.3) is 0 Å². The topological polar surface area (TPSA) is 96.0 Å². The molecule has 1 aliphatic rings. The number of benzene rings is 1. The summed E-state index contributed by atoms with van der Waals surface area (Å²) in [5.41, 5.74) is 2.36. The number of hydrogen-bond acceptors (Lipinski definition) is 7. The van der Waals surface area contributed by atoms with Gasteiger partial charge in [0.2, 0.25) is 0 Å². The lowest BCUT2D eigenvalue weighted by molar-refractivity contribution is -0.135. The summed E-state index contributed by atoms with van der Waals surface area (Å²) in [5.74, 6) is 0.179. The average molecular weight is 509 g/mol. The molecular weight excluding hydrogens is 483 g/mol. The van der Waals surface area contributed by atoms with Crippen molar-refractivity contribution in [3.05, 3.63) is 71.4 Å². The van der Waals surface area contributed by atoms with Crippen LogP contribution in [0.25, 0.3) is 22.4 Å². The molecule has 5 rings (SSSR count). The van der Waals surface area contributed by atoms with Gasteiger partial charge in [-0.3, -0.25) is 9.69 Å². The van der Waals surface area contributed by atoms with Crippen LogP contribution < -0.4 is 5.32 Å². The molecule has 186 valence electrons. The minimum absolute atomic E-state index is 0.133. The molecule has 10 heteroatoms. The van der Waals surface area contributed by atoms with Crippen LogP contribution in [0.3, 0.4) is 0 Å². The van der Waals surface area contributed by atoms with Crippen LogP contribution in [0, 0.1) is 11.7 Å². The van der Waals surface area contributed by atoms with Gasteiger partial charge in [-0.1, -0.05) is 41.9 Å². The Labute approximate surface area is 212 Å². The van der Waals surface area contributed by atoms with E-state index in [0.717, 1.165) is 42.8 Å². The highest BCUT2D eigenvalue weighted by Crippen LogP contribution is 2.28. The summed E-state index contributed by atoms with van der Waals surface area (Å²) >= 11 is 6.10. The molecule has 2 atom stereocenters. The van der Waals surface area contributed by atoms with E-state index >= 15 is 0 Å². The third-order valence-corrected chi connectivity index (χ3v) is 6.54. The number of aromatic amines is 1. The normalized spacial score (nSPS) is 17.2. The smallest absolute Gasteiger partial charge is 0.183 e. The van der Waals surface area contributed by atoms with E-state index in [1.807, 2.05) is 35.2 Å². The molecule has 0 saturated carbocycles. The lowest BCUT2D eigenvalue weighted by atomic mass is 9.98. The van der Waals surface area contributed by atoms with Gasteiger partial charge < -0.3 is 15.0 Å². The summed E-state index contributed by atoms with van der Waals surface area (Å²) < 4.78 is 20.4. The van der Waals surface area contributed by atoms with Gasteiger partial charge in [-0.25, -0.2) is 19.3 Å². The van der Waals surface area contributed by atoms with Gasteiger partial charge in [0, 0.05) is 43.0 Å². The van der Waals surface area contributed by atoms with Gasteiger partial charge in [-0.2, -0.15) is 0 Å². The summed E-state index contributed by atoms with van der Waals surface area (Å²) in [6, 6.07) is 11.5. The number of H-pyrrole nitrogens is 1. The summed E-state index contributed by atoms with van der Waals surface area (Å²) in [6.45, 7) is 2.32. The maximum atomic E-state index is 14.6. The van der Waals surface area contributed by atoms with E-state index in [4.69, 9.17) is 16.3 Å². The lowest BCUT2D eigenvalue weighted by Crippen LogP contribution is -2.46. The van der Waals surface area contributed by atoms with Gasteiger partial charge >= 0.3 is 0 Å². The van der Waals surface area contributed by atoms with Crippen molar-refractivity contribution < 1.29 is 13.9 Å². The molecule has 0 radical (unpaired) electrons. The van der Waals surface area contributed by atoms with Crippen molar-refractivity contribution >= 4 is 34.7 Å². The molecule has 1 fully saturated rings. The highest BCUT2D eigenvalue weighted by Gasteiger charge is 2.26. The van der Waals surface area contributed by atoms with Crippen LogP contribution in [0.4, 0.5) is 10.2 Å². The molecule has 0 amide bonds. The Bertz CT molecular complexity index is 1330. The first-order valence-corrected chi connectivity index (χ1v) is 12.2. The van der Waals surface area contributed by atoms with Gasteiger partial charge in [-0.15, -0.1) is 0 Å². The van der Waals surface area contributed by atoms with Gasteiger partial charge in [0.1, 0.15) is 5.65 Å². The fourth-order valence-corrected chi connectivity index (χ4v) is 4.66. The third-order valence-electron chi connectivity index (χ3n) is 6.33. The molecule has 1 saturated heterocycles. The summed E-state index contributed by atoms with van der Waals surface area (Å²) in [7, 11) is 0. The van der Waals surface area contributed by atoms with Crippen LogP contribution >= 0.6 is 11.6 Å². The van der Waals surface area contributed by atoms with Crippen LogP contribution in [-0.2, 0) is 16.1 Å². The molecule has 0 bridgehead atoms. The first-order valence-electron chi connectivity index (χ1n) is 11.8. The first kappa shape index (κ1) is 24.3. The number of anilines is 1. The van der Waals surface area contributed by atoms with E-state index in [1.54, 1.807) is 18.5 Å². The Hall–Kier alpha value is -3.40. The number of aldehydes is 1. The van der Waals surface area contributed by atoms with Crippen molar-refractivity contribution in [2.45, 2.75) is 25.7 Å². The number of piperidine rings is 1. The van der Waals surface area contributed by atoms with E-state index in [1.165, 1.54) is 0 Å². The van der Waals surface area contributed by atoms with Crippen LogP contribution in [0.1, 0.15) is 18.4 Å². The Morgan fingerprint density at radius 1 is 1.28 bits per heavy atom. The number of carbonyl (C=O) groups is 1. The van der Waals surface area contributed by atoms with E-state index in [9.17, 15) is 9.18 Å². The van der Waals surface area contributed by atoms with Crippen molar-refractivity contribution in [1.82, 2.24) is 24.8 Å². The second-order valence-electron chi connectivity index (χ2n) is 8.85. The first-order chi connectivity index (χ1) is 17.6.